The highest BCUT2D eigenvalue weighted by Gasteiger charge is 2.16. The van der Waals surface area contributed by atoms with Crippen molar-refractivity contribution in [2.45, 2.75) is 6.92 Å². The summed E-state index contributed by atoms with van der Waals surface area (Å²) < 4.78 is 10.9. The normalized spacial score (nSPS) is 12.0. The summed E-state index contributed by atoms with van der Waals surface area (Å²) in [7, 11) is 5.63. The summed E-state index contributed by atoms with van der Waals surface area (Å²) in [5, 5.41) is 9.92. The Labute approximate surface area is 191 Å². The Morgan fingerprint density at radius 2 is 1.97 bits per heavy atom. The molecule has 4 aromatic rings. The second-order valence-corrected chi connectivity index (χ2v) is 7.94. The third-order valence-corrected chi connectivity index (χ3v) is 5.21. The lowest BCUT2D eigenvalue weighted by molar-refractivity contribution is 0.157. The van der Waals surface area contributed by atoms with Crippen molar-refractivity contribution in [3.8, 4) is 5.75 Å². The van der Waals surface area contributed by atoms with Crippen LogP contribution in [0.5, 0.6) is 5.75 Å². The summed E-state index contributed by atoms with van der Waals surface area (Å²) in [6.07, 6.45) is 1.50. The predicted octanol–water partition coefficient (Wildman–Crippen LogP) is 5.69. The summed E-state index contributed by atoms with van der Waals surface area (Å²) in [4.78, 5) is 12.0. The van der Waals surface area contributed by atoms with Gasteiger partial charge in [0.25, 0.3) is 0 Å². The molecule has 0 aliphatic rings. The molecule has 2 aromatic heterocycles. The number of hydrogen-bond donors (Lipinski definition) is 1. The van der Waals surface area contributed by atoms with Crippen LogP contribution in [0.3, 0.4) is 0 Å². The van der Waals surface area contributed by atoms with Crippen LogP contribution < -0.4 is 10.1 Å². The topological polar surface area (TPSA) is 72.1 Å². The lowest BCUT2D eigenvalue weighted by atomic mass is 10.1. The molecule has 2 heterocycles. The Bertz CT molecular complexity index is 1270. The Morgan fingerprint density at radius 1 is 1.19 bits per heavy atom. The number of fused-ring (bicyclic) bond motifs is 2. The second kappa shape index (κ2) is 9.46. The lowest BCUT2D eigenvalue weighted by Gasteiger charge is -2.14. The number of hydrogen-bond acceptors (Lipinski definition) is 7. The molecule has 0 amide bonds. The van der Waals surface area contributed by atoms with Gasteiger partial charge in [0, 0.05) is 29.2 Å². The predicted molar refractivity (Wildman–Crippen MR) is 130 cm³/mol. The molecule has 0 saturated carbocycles. The van der Waals surface area contributed by atoms with Gasteiger partial charge in [-0.25, -0.2) is 4.98 Å². The van der Waals surface area contributed by atoms with E-state index in [1.807, 2.05) is 63.5 Å². The molecular weight excluding hydrogens is 428 g/mol. The number of benzene rings is 2. The van der Waals surface area contributed by atoms with Crippen LogP contribution in [0.25, 0.3) is 22.0 Å². The fraction of sp³-hybridized carbons (Fsp3) is 0.250. The number of halogens is 1. The first-order chi connectivity index (χ1) is 15.5. The number of likely N-dealkylation sites (N-methyl/N-ethyl adjacent to an activating group) is 1. The highest BCUT2D eigenvalue weighted by Crippen LogP contribution is 2.39. The van der Waals surface area contributed by atoms with E-state index in [2.05, 4.69) is 20.4 Å². The molecule has 0 radical (unpaired) electrons. The maximum atomic E-state index is 6.43. The number of nitrogens with one attached hydrogen (secondary N) is 1. The van der Waals surface area contributed by atoms with Crippen LogP contribution in [0.1, 0.15) is 12.5 Å². The number of aromatic nitrogens is 1. The summed E-state index contributed by atoms with van der Waals surface area (Å²) in [6.45, 7) is 3.12. The van der Waals surface area contributed by atoms with Gasteiger partial charge in [-0.15, -0.1) is 0 Å². The summed E-state index contributed by atoms with van der Waals surface area (Å²) >= 11 is 6.43. The number of nitrogens with zero attached hydrogens (tertiary/aromatic N) is 3. The number of methoxy groups -OCH3 is 1. The number of rotatable bonds is 8. The van der Waals surface area contributed by atoms with E-state index in [9.17, 15) is 0 Å². The van der Waals surface area contributed by atoms with E-state index in [1.54, 1.807) is 7.11 Å². The quantitative estimate of drug-likeness (QED) is 0.273. The molecule has 0 aliphatic carbocycles. The molecule has 0 bridgehead atoms. The van der Waals surface area contributed by atoms with Gasteiger partial charge < -0.3 is 24.2 Å². The molecule has 7 nitrogen and oxygen atoms in total. The standard InChI is InChI=1S/C24H25ClN4O3/c1-5-32-28-21(13-29(2)3)15-6-8-16(9-7-15)26-23-18-11-10-17(30-4)12-20(18)27-24-22(23)19(25)14-31-24/h6-12,14H,5,13H2,1-4H3,(H,26,27). The second-order valence-electron chi connectivity index (χ2n) is 7.53. The van der Waals surface area contributed by atoms with Crippen LogP contribution in [0, 0.1) is 0 Å². The van der Waals surface area contributed by atoms with Gasteiger partial charge in [0.05, 0.1) is 28.7 Å². The van der Waals surface area contributed by atoms with Crippen molar-refractivity contribution < 1.29 is 14.0 Å². The Balaban J connectivity index is 1.73. The zero-order chi connectivity index (χ0) is 22.7. The van der Waals surface area contributed by atoms with Crippen molar-refractivity contribution >= 4 is 50.7 Å². The summed E-state index contributed by atoms with van der Waals surface area (Å²) in [5.41, 5.74) is 4.80. The number of anilines is 2. The molecule has 1 N–H and O–H groups in total. The number of pyridine rings is 1. The molecule has 2 aromatic carbocycles. The van der Waals surface area contributed by atoms with Gasteiger partial charge in [-0.05, 0) is 45.3 Å². The maximum Gasteiger partial charge on any atom is 0.230 e. The van der Waals surface area contributed by atoms with Crippen molar-refractivity contribution in [2.24, 2.45) is 5.16 Å². The van der Waals surface area contributed by atoms with Crippen LogP contribution in [-0.4, -0.2) is 50.0 Å². The smallest absolute Gasteiger partial charge is 0.230 e. The SMILES string of the molecule is CCON=C(CN(C)C)c1ccc(Nc2c3ccc(OC)cc3nc3occ(Cl)c23)cc1. The highest BCUT2D eigenvalue weighted by molar-refractivity contribution is 6.37. The van der Waals surface area contributed by atoms with Crippen molar-refractivity contribution in [1.82, 2.24) is 9.88 Å². The van der Waals surface area contributed by atoms with E-state index in [0.29, 0.717) is 23.9 Å². The van der Waals surface area contributed by atoms with Gasteiger partial charge in [-0.1, -0.05) is 28.9 Å². The zero-order valence-corrected chi connectivity index (χ0v) is 19.2. The lowest BCUT2D eigenvalue weighted by Crippen LogP contribution is -2.22. The van der Waals surface area contributed by atoms with Crippen molar-refractivity contribution in [1.29, 1.82) is 0 Å². The van der Waals surface area contributed by atoms with E-state index in [4.69, 9.17) is 25.6 Å². The van der Waals surface area contributed by atoms with E-state index in [1.165, 1.54) is 6.26 Å². The minimum Gasteiger partial charge on any atom is -0.497 e. The van der Waals surface area contributed by atoms with E-state index < -0.39 is 0 Å². The Morgan fingerprint density at radius 3 is 2.66 bits per heavy atom. The van der Waals surface area contributed by atoms with Crippen molar-refractivity contribution in [3.63, 3.8) is 0 Å². The summed E-state index contributed by atoms with van der Waals surface area (Å²) in [6, 6.07) is 13.8. The Kier molecular flexibility index (Phi) is 6.48. The Hall–Kier alpha value is -3.29. The largest absolute Gasteiger partial charge is 0.497 e. The molecular formula is C24H25ClN4O3. The average Bonchev–Trinajstić information content (AvgIpc) is 3.16. The molecule has 32 heavy (non-hydrogen) atoms. The molecule has 0 saturated heterocycles. The van der Waals surface area contributed by atoms with E-state index in [0.717, 1.165) is 44.7 Å². The van der Waals surface area contributed by atoms with E-state index >= 15 is 0 Å². The first kappa shape index (κ1) is 21.9. The zero-order valence-electron chi connectivity index (χ0n) is 18.5. The monoisotopic (exact) mass is 452 g/mol. The van der Waals surface area contributed by atoms with Gasteiger partial charge in [0.1, 0.15) is 24.3 Å². The van der Waals surface area contributed by atoms with Crippen LogP contribution in [0.4, 0.5) is 11.4 Å². The minimum absolute atomic E-state index is 0.465. The van der Waals surface area contributed by atoms with Gasteiger partial charge in [-0.3, -0.25) is 0 Å². The third-order valence-electron chi connectivity index (χ3n) is 4.93. The number of oxime groups is 1. The fourth-order valence-electron chi connectivity index (χ4n) is 3.46. The van der Waals surface area contributed by atoms with Crippen molar-refractivity contribution in [3.05, 3.63) is 59.3 Å². The van der Waals surface area contributed by atoms with Crippen LogP contribution >= 0.6 is 11.6 Å². The van der Waals surface area contributed by atoms with Gasteiger partial charge >= 0.3 is 0 Å². The molecule has 0 atom stereocenters. The fourth-order valence-corrected chi connectivity index (χ4v) is 3.68. The van der Waals surface area contributed by atoms with Crippen LogP contribution in [0.2, 0.25) is 5.02 Å². The maximum absolute atomic E-state index is 6.43. The highest BCUT2D eigenvalue weighted by atomic mass is 35.5. The van der Waals surface area contributed by atoms with Crippen LogP contribution in [0.15, 0.2) is 58.3 Å². The summed E-state index contributed by atoms with van der Waals surface area (Å²) in [5.74, 6) is 0.722. The van der Waals surface area contributed by atoms with Gasteiger partial charge in [0.2, 0.25) is 5.71 Å². The van der Waals surface area contributed by atoms with E-state index in [-0.39, 0.29) is 0 Å². The van der Waals surface area contributed by atoms with Crippen LogP contribution in [-0.2, 0) is 4.84 Å². The first-order valence-electron chi connectivity index (χ1n) is 10.3. The molecule has 166 valence electrons. The molecule has 0 unspecified atom stereocenters. The number of ether oxygens (including phenoxy) is 1. The third kappa shape index (κ3) is 4.49. The molecule has 0 fully saturated rings. The average molecular weight is 453 g/mol. The molecule has 4 rings (SSSR count). The van der Waals surface area contributed by atoms with Gasteiger partial charge in [-0.2, -0.15) is 0 Å². The molecule has 0 aliphatic heterocycles. The first-order valence-corrected chi connectivity index (χ1v) is 10.6. The molecule has 8 heteroatoms. The minimum atomic E-state index is 0.465. The van der Waals surface area contributed by atoms with Gasteiger partial charge in [0.15, 0.2) is 0 Å². The number of furan rings is 1. The molecule has 0 spiro atoms. The van der Waals surface area contributed by atoms with Crippen molar-refractivity contribution in [2.75, 3.05) is 39.7 Å².